The van der Waals surface area contributed by atoms with E-state index < -0.39 is 22.5 Å². The lowest BCUT2D eigenvalue weighted by atomic mass is 9.35. The number of Topliss-reactive ketones (excluding diaryl/α,β-unsaturated/α-hetero) is 1. The molecule has 0 radical (unpaired) electrons. The predicted octanol–water partition coefficient (Wildman–Crippen LogP) is 4.82. The highest BCUT2D eigenvalue weighted by Gasteiger charge is 2.75. The first-order valence-electron chi connectivity index (χ1n) is 12.8. The monoisotopic (exact) mass is 444 g/mol. The third kappa shape index (κ3) is 2.47. The molecule has 0 amide bonds. The van der Waals surface area contributed by atoms with E-state index in [4.69, 9.17) is 0 Å². The number of carbonyl (C=O) groups is 2. The van der Waals surface area contributed by atoms with Crippen molar-refractivity contribution >= 4 is 11.6 Å². The van der Waals surface area contributed by atoms with Crippen LogP contribution < -0.4 is 0 Å². The number of aliphatic hydroxyl groups is 2. The molecule has 7 unspecified atom stereocenters. The minimum atomic E-state index is -1.41. The molecule has 0 saturated heterocycles. The van der Waals surface area contributed by atoms with Crippen LogP contribution in [0.15, 0.2) is 11.6 Å². The minimum absolute atomic E-state index is 0.0750. The second-order valence-electron chi connectivity index (χ2n) is 13.0. The summed E-state index contributed by atoms with van der Waals surface area (Å²) in [4.78, 5) is 26.2. The Morgan fingerprint density at radius 3 is 2.22 bits per heavy atom. The molecule has 4 nitrogen and oxygen atoms in total. The molecule has 32 heavy (non-hydrogen) atoms. The van der Waals surface area contributed by atoms with E-state index in [1.54, 1.807) is 0 Å². The van der Waals surface area contributed by atoms with Gasteiger partial charge in [-0.25, -0.2) is 0 Å². The van der Waals surface area contributed by atoms with Crippen LogP contribution in [0.4, 0.5) is 0 Å². The van der Waals surface area contributed by atoms with Crippen LogP contribution in [0.5, 0.6) is 0 Å². The van der Waals surface area contributed by atoms with E-state index in [1.165, 1.54) is 5.57 Å². The van der Waals surface area contributed by atoms with Gasteiger partial charge in [0.2, 0.25) is 0 Å². The lowest BCUT2D eigenvalue weighted by molar-refractivity contribution is -0.230. The Bertz CT molecular complexity index is 875. The Morgan fingerprint density at radius 2 is 1.66 bits per heavy atom. The lowest BCUT2D eigenvalue weighted by Crippen LogP contribution is -2.69. The maximum absolute atomic E-state index is 13.4. The highest BCUT2D eigenvalue weighted by atomic mass is 16.3. The highest BCUT2D eigenvalue weighted by molar-refractivity contribution is 5.94. The number of hydrogen-bond acceptors (Lipinski definition) is 4. The molecular weight excluding hydrogens is 400 g/mol. The second-order valence-corrected chi connectivity index (χ2v) is 13.0. The van der Waals surface area contributed by atoms with E-state index in [0.29, 0.717) is 6.42 Å². The van der Waals surface area contributed by atoms with Gasteiger partial charge in [0.15, 0.2) is 11.6 Å². The molecule has 0 spiro atoms. The van der Waals surface area contributed by atoms with Crippen LogP contribution in [0, 0.1) is 57.7 Å². The molecule has 4 aliphatic rings. The topological polar surface area (TPSA) is 74.6 Å². The van der Waals surface area contributed by atoms with Crippen molar-refractivity contribution in [1.82, 2.24) is 0 Å². The number of allylic oxidation sites excluding steroid dienone is 1. The van der Waals surface area contributed by atoms with Crippen LogP contribution in [-0.4, -0.2) is 33.5 Å². The van der Waals surface area contributed by atoms with Gasteiger partial charge in [0.1, 0.15) is 5.60 Å². The summed E-state index contributed by atoms with van der Waals surface area (Å²) in [5.41, 5.74) is -1.55. The first-order chi connectivity index (χ1) is 14.6. The summed E-state index contributed by atoms with van der Waals surface area (Å²) in [7, 11) is 0. The van der Waals surface area contributed by atoms with Gasteiger partial charge < -0.3 is 10.2 Å². The van der Waals surface area contributed by atoms with Crippen LogP contribution in [-0.2, 0) is 9.59 Å². The van der Waals surface area contributed by atoms with Crippen molar-refractivity contribution in [2.75, 3.05) is 0 Å². The molecule has 0 aromatic carbocycles. The highest BCUT2D eigenvalue weighted by Crippen LogP contribution is 2.75. The van der Waals surface area contributed by atoms with Crippen molar-refractivity contribution in [3.05, 3.63) is 11.6 Å². The van der Waals surface area contributed by atoms with Gasteiger partial charge >= 0.3 is 0 Å². The number of carbonyl (C=O) groups excluding carboxylic acids is 2. The van der Waals surface area contributed by atoms with Crippen LogP contribution >= 0.6 is 0 Å². The Hall–Kier alpha value is -1.00. The van der Waals surface area contributed by atoms with Crippen molar-refractivity contribution in [3.8, 4) is 0 Å². The molecule has 11 atom stereocenters. The largest absolute Gasteiger partial charge is 0.392 e. The van der Waals surface area contributed by atoms with Gasteiger partial charge in [0.25, 0.3) is 0 Å². The van der Waals surface area contributed by atoms with Gasteiger partial charge in [-0.05, 0) is 54.9 Å². The van der Waals surface area contributed by atoms with Gasteiger partial charge in [0.05, 0.1) is 6.10 Å². The number of ketones is 2. The van der Waals surface area contributed by atoms with E-state index in [-0.39, 0.29) is 58.4 Å². The fraction of sp³-hybridized carbons (Fsp3) is 0.857. The van der Waals surface area contributed by atoms with Crippen molar-refractivity contribution < 1.29 is 19.8 Å². The van der Waals surface area contributed by atoms with Gasteiger partial charge in [-0.2, -0.15) is 0 Å². The first-order valence-corrected chi connectivity index (χ1v) is 12.8. The maximum Gasteiger partial charge on any atom is 0.167 e. The SMILES string of the molecule is CC(C)C(=O)[C@@]1(O)C(C)CC2C3CC(C)C4=CC(=O)C(C)C(C)[C@]4(C)C3(C)[C@@H](O)C[C@@]21C. The van der Waals surface area contributed by atoms with Crippen molar-refractivity contribution in [2.45, 2.75) is 93.3 Å². The van der Waals surface area contributed by atoms with E-state index >= 15 is 0 Å². The molecule has 0 bridgehead atoms. The van der Waals surface area contributed by atoms with Crippen LogP contribution in [0.2, 0.25) is 0 Å². The zero-order valence-electron chi connectivity index (χ0n) is 21.5. The summed E-state index contributed by atoms with van der Waals surface area (Å²) in [5.74, 6) is 0.404. The quantitative estimate of drug-likeness (QED) is 0.640. The molecule has 2 N–H and O–H groups in total. The zero-order valence-corrected chi connectivity index (χ0v) is 21.5. The van der Waals surface area contributed by atoms with Gasteiger partial charge in [-0.1, -0.05) is 67.9 Å². The van der Waals surface area contributed by atoms with Crippen LogP contribution in [0.3, 0.4) is 0 Å². The number of fused-ring (bicyclic) bond motifs is 5. The molecule has 4 rings (SSSR count). The normalized spacial score (nSPS) is 55.2. The smallest absolute Gasteiger partial charge is 0.167 e. The third-order valence-electron chi connectivity index (χ3n) is 11.7. The van der Waals surface area contributed by atoms with Gasteiger partial charge in [-0.3, -0.25) is 9.59 Å². The fourth-order valence-electron chi connectivity index (χ4n) is 9.36. The van der Waals surface area contributed by atoms with E-state index in [0.717, 1.165) is 12.8 Å². The molecule has 0 aromatic heterocycles. The van der Waals surface area contributed by atoms with E-state index in [1.807, 2.05) is 33.8 Å². The molecule has 0 heterocycles. The van der Waals surface area contributed by atoms with E-state index in [9.17, 15) is 19.8 Å². The molecule has 0 aromatic rings. The molecular formula is C28H44O4. The van der Waals surface area contributed by atoms with Crippen molar-refractivity contribution in [2.24, 2.45) is 57.7 Å². The predicted molar refractivity (Wildman–Crippen MR) is 126 cm³/mol. The standard InChI is InChI=1S/C28H44O4/c1-14(2)24(31)28(32)16(4)11-20-21-10-15(3)19-12-22(29)17(5)18(6)26(19,8)27(21,9)23(30)13-25(20,28)7/h12,14-18,20-21,23,30,32H,10-11,13H2,1-9H3/t15?,16?,17?,18?,20?,21?,23-,25-,26-,27?,28-/m0/s1. The molecule has 180 valence electrons. The molecule has 3 saturated carbocycles. The lowest BCUT2D eigenvalue weighted by Gasteiger charge is -2.69. The molecule has 4 aliphatic carbocycles. The zero-order chi connectivity index (χ0) is 24.2. The maximum atomic E-state index is 13.4. The first kappa shape index (κ1) is 24.1. The molecule has 3 fully saturated rings. The molecule has 4 heteroatoms. The summed E-state index contributed by atoms with van der Waals surface area (Å²) < 4.78 is 0. The van der Waals surface area contributed by atoms with Crippen LogP contribution in [0.1, 0.15) is 81.6 Å². The summed E-state index contributed by atoms with van der Waals surface area (Å²) in [5, 5.41) is 24.0. The van der Waals surface area contributed by atoms with Gasteiger partial charge in [-0.15, -0.1) is 0 Å². The Balaban J connectivity index is 1.89. The Morgan fingerprint density at radius 1 is 1.06 bits per heavy atom. The summed E-state index contributed by atoms with van der Waals surface area (Å²) in [6.45, 7) is 18.8. The average molecular weight is 445 g/mol. The Labute approximate surface area is 194 Å². The fourth-order valence-corrected chi connectivity index (χ4v) is 9.36. The molecule has 0 aliphatic heterocycles. The van der Waals surface area contributed by atoms with Crippen molar-refractivity contribution in [3.63, 3.8) is 0 Å². The Kier molecular flexibility index (Phi) is 5.29. The summed E-state index contributed by atoms with van der Waals surface area (Å²) in [6, 6.07) is 0. The van der Waals surface area contributed by atoms with Crippen molar-refractivity contribution in [1.29, 1.82) is 0 Å². The number of rotatable bonds is 2. The second kappa shape index (κ2) is 7.01. The average Bonchev–Trinajstić information content (AvgIpc) is 2.91. The van der Waals surface area contributed by atoms with E-state index in [2.05, 4.69) is 34.6 Å². The number of aliphatic hydroxyl groups excluding tert-OH is 1. The number of hydrogen-bond donors (Lipinski definition) is 2. The van der Waals surface area contributed by atoms with Gasteiger partial charge in [0, 0.05) is 28.1 Å². The summed E-state index contributed by atoms with van der Waals surface area (Å²) >= 11 is 0. The third-order valence-corrected chi connectivity index (χ3v) is 11.7. The minimum Gasteiger partial charge on any atom is -0.392 e. The van der Waals surface area contributed by atoms with Crippen LogP contribution in [0.25, 0.3) is 0 Å². The summed E-state index contributed by atoms with van der Waals surface area (Å²) in [6.07, 6.45) is 3.38.